The van der Waals surface area contributed by atoms with Gasteiger partial charge in [0.05, 0.1) is 6.54 Å². The van der Waals surface area contributed by atoms with Gasteiger partial charge in [0, 0.05) is 42.0 Å². The predicted molar refractivity (Wildman–Crippen MR) is 97.9 cm³/mol. The van der Waals surface area contributed by atoms with E-state index < -0.39 is 0 Å². The van der Waals surface area contributed by atoms with Crippen molar-refractivity contribution in [2.75, 3.05) is 42.9 Å². The molecule has 0 atom stereocenters. The van der Waals surface area contributed by atoms with Gasteiger partial charge in [0.15, 0.2) is 0 Å². The van der Waals surface area contributed by atoms with Crippen LogP contribution in [0.15, 0.2) is 59.1 Å². The number of hydrogen-bond acceptors (Lipinski definition) is 3. The first kappa shape index (κ1) is 16.0. The average molecular weight is 374 g/mol. The largest absolute Gasteiger partial charge is 0.369 e. The second kappa shape index (κ2) is 7.62. The number of amides is 1. The molecule has 0 radical (unpaired) electrons. The molecule has 23 heavy (non-hydrogen) atoms. The Hall–Kier alpha value is -1.85. The Balaban J connectivity index is 1.47. The number of carbonyl (C=O) groups is 1. The van der Waals surface area contributed by atoms with Crippen molar-refractivity contribution in [3.8, 4) is 0 Å². The van der Waals surface area contributed by atoms with Crippen molar-refractivity contribution in [3.63, 3.8) is 0 Å². The van der Waals surface area contributed by atoms with Crippen molar-refractivity contribution in [2.24, 2.45) is 0 Å². The van der Waals surface area contributed by atoms with Gasteiger partial charge in [-0.2, -0.15) is 0 Å². The Kier molecular flexibility index (Phi) is 5.31. The van der Waals surface area contributed by atoms with Gasteiger partial charge in [-0.25, -0.2) is 0 Å². The number of hydrogen-bond donors (Lipinski definition) is 1. The number of anilines is 2. The Bertz CT molecular complexity index is 637. The van der Waals surface area contributed by atoms with Crippen molar-refractivity contribution in [1.29, 1.82) is 0 Å². The molecule has 0 saturated carbocycles. The Labute approximate surface area is 145 Å². The number of carbonyl (C=O) groups excluding carboxylic acids is 1. The number of benzene rings is 2. The standard InChI is InChI=1S/C18H20BrN3O/c19-15-6-8-16(9-7-15)20-18(23)14-21-10-12-22(13-11-21)17-4-2-1-3-5-17/h1-9H,10-14H2,(H,20,23). The van der Waals surface area contributed by atoms with Crippen molar-refractivity contribution >= 4 is 33.2 Å². The Morgan fingerprint density at radius 2 is 1.61 bits per heavy atom. The van der Waals surface area contributed by atoms with Crippen LogP contribution in [-0.2, 0) is 4.79 Å². The summed E-state index contributed by atoms with van der Waals surface area (Å²) >= 11 is 3.39. The Morgan fingerprint density at radius 1 is 0.957 bits per heavy atom. The minimum atomic E-state index is 0.0421. The molecule has 1 aliphatic heterocycles. The molecule has 2 aromatic carbocycles. The van der Waals surface area contributed by atoms with Gasteiger partial charge in [-0.05, 0) is 36.4 Å². The lowest BCUT2D eigenvalue weighted by Gasteiger charge is -2.35. The van der Waals surface area contributed by atoms with Crippen LogP contribution >= 0.6 is 15.9 Å². The van der Waals surface area contributed by atoms with Gasteiger partial charge in [0.2, 0.25) is 5.91 Å². The highest BCUT2D eigenvalue weighted by Gasteiger charge is 2.19. The fourth-order valence-electron chi connectivity index (χ4n) is 2.74. The third kappa shape index (κ3) is 4.56. The van der Waals surface area contributed by atoms with E-state index in [0.717, 1.165) is 36.3 Å². The second-order valence-corrected chi connectivity index (χ2v) is 6.57. The minimum Gasteiger partial charge on any atom is -0.369 e. The summed E-state index contributed by atoms with van der Waals surface area (Å²) in [6, 6.07) is 18.1. The van der Waals surface area contributed by atoms with Crippen LogP contribution in [0, 0.1) is 0 Å². The van der Waals surface area contributed by atoms with Gasteiger partial charge in [-0.1, -0.05) is 34.1 Å². The van der Waals surface area contributed by atoms with Crippen molar-refractivity contribution in [2.45, 2.75) is 0 Å². The number of piperazine rings is 1. The van der Waals surface area contributed by atoms with Gasteiger partial charge >= 0.3 is 0 Å². The fraction of sp³-hybridized carbons (Fsp3) is 0.278. The summed E-state index contributed by atoms with van der Waals surface area (Å²) in [6.07, 6.45) is 0. The lowest BCUT2D eigenvalue weighted by molar-refractivity contribution is -0.117. The molecule has 1 fully saturated rings. The molecule has 0 spiro atoms. The quantitative estimate of drug-likeness (QED) is 0.893. The highest BCUT2D eigenvalue weighted by atomic mass is 79.9. The number of nitrogens with zero attached hydrogens (tertiary/aromatic N) is 2. The van der Waals surface area contributed by atoms with Gasteiger partial charge < -0.3 is 10.2 Å². The molecule has 5 heteroatoms. The van der Waals surface area contributed by atoms with E-state index in [1.807, 2.05) is 30.3 Å². The van der Waals surface area contributed by atoms with Crippen LogP contribution in [0.4, 0.5) is 11.4 Å². The van der Waals surface area contributed by atoms with Crippen LogP contribution in [0.3, 0.4) is 0 Å². The molecule has 120 valence electrons. The summed E-state index contributed by atoms with van der Waals surface area (Å²) in [6.45, 7) is 4.16. The van der Waals surface area contributed by atoms with E-state index in [4.69, 9.17) is 0 Å². The van der Waals surface area contributed by atoms with E-state index >= 15 is 0 Å². The smallest absolute Gasteiger partial charge is 0.238 e. The number of rotatable bonds is 4. The molecule has 2 aromatic rings. The van der Waals surface area contributed by atoms with Gasteiger partial charge in [0.1, 0.15) is 0 Å². The van der Waals surface area contributed by atoms with E-state index in [1.54, 1.807) is 0 Å². The van der Waals surface area contributed by atoms with Crippen LogP contribution < -0.4 is 10.2 Å². The lowest BCUT2D eigenvalue weighted by Crippen LogP contribution is -2.48. The van der Waals surface area contributed by atoms with E-state index in [-0.39, 0.29) is 5.91 Å². The molecule has 0 aliphatic carbocycles. The first-order chi connectivity index (χ1) is 11.2. The molecule has 0 unspecified atom stereocenters. The van der Waals surface area contributed by atoms with Gasteiger partial charge in [0.25, 0.3) is 0 Å². The maximum atomic E-state index is 12.1. The highest BCUT2D eigenvalue weighted by Crippen LogP contribution is 2.16. The third-order valence-electron chi connectivity index (χ3n) is 3.99. The molecule has 4 nitrogen and oxygen atoms in total. The molecular weight excluding hydrogens is 354 g/mol. The molecule has 3 rings (SSSR count). The predicted octanol–water partition coefficient (Wildman–Crippen LogP) is 3.21. The summed E-state index contributed by atoms with van der Waals surface area (Å²) < 4.78 is 1.01. The van der Waals surface area contributed by atoms with Crippen LogP contribution in [0.5, 0.6) is 0 Å². The second-order valence-electron chi connectivity index (χ2n) is 5.65. The molecule has 1 saturated heterocycles. The lowest BCUT2D eigenvalue weighted by atomic mass is 10.2. The summed E-state index contributed by atoms with van der Waals surface area (Å²) in [4.78, 5) is 16.7. The molecule has 0 bridgehead atoms. The molecule has 1 amide bonds. The van der Waals surface area contributed by atoms with E-state index in [1.165, 1.54) is 5.69 Å². The minimum absolute atomic E-state index is 0.0421. The fourth-order valence-corrected chi connectivity index (χ4v) is 3.00. The summed E-state index contributed by atoms with van der Waals surface area (Å²) in [5, 5.41) is 2.94. The molecule has 1 N–H and O–H groups in total. The first-order valence-electron chi connectivity index (χ1n) is 7.78. The van der Waals surface area contributed by atoms with E-state index in [2.05, 4.69) is 55.3 Å². The normalized spacial score (nSPS) is 15.4. The maximum Gasteiger partial charge on any atom is 0.238 e. The van der Waals surface area contributed by atoms with Crippen LogP contribution in [0.1, 0.15) is 0 Å². The monoisotopic (exact) mass is 373 g/mol. The van der Waals surface area contributed by atoms with Crippen molar-refractivity contribution in [3.05, 3.63) is 59.1 Å². The molecule has 1 aliphatic rings. The summed E-state index contributed by atoms with van der Waals surface area (Å²) in [5.41, 5.74) is 2.09. The van der Waals surface area contributed by atoms with Gasteiger partial charge in [-0.3, -0.25) is 9.69 Å². The summed E-state index contributed by atoms with van der Waals surface area (Å²) in [5.74, 6) is 0.0421. The third-order valence-corrected chi connectivity index (χ3v) is 4.52. The Morgan fingerprint density at radius 3 is 2.26 bits per heavy atom. The molecule has 0 aromatic heterocycles. The molecule has 1 heterocycles. The van der Waals surface area contributed by atoms with Gasteiger partial charge in [-0.15, -0.1) is 0 Å². The van der Waals surface area contributed by atoms with E-state index in [9.17, 15) is 4.79 Å². The van der Waals surface area contributed by atoms with Crippen LogP contribution in [-0.4, -0.2) is 43.5 Å². The maximum absolute atomic E-state index is 12.1. The number of para-hydroxylation sites is 1. The average Bonchev–Trinajstić information content (AvgIpc) is 2.58. The number of nitrogens with one attached hydrogen (secondary N) is 1. The van der Waals surface area contributed by atoms with Crippen LogP contribution in [0.2, 0.25) is 0 Å². The highest BCUT2D eigenvalue weighted by molar-refractivity contribution is 9.10. The summed E-state index contributed by atoms with van der Waals surface area (Å²) in [7, 11) is 0. The molecular formula is C18H20BrN3O. The zero-order chi connectivity index (χ0) is 16.1. The number of halogens is 1. The first-order valence-corrected chi connectivity index (χ1v) is 8.58. The van der Waals surface area contributed by atoms with Crippen molar-refractivity contribution < 1.29 is 4.79 Å². The SMILES string of the molecule is O=C(CN1CCN(c2ccccc2)CC1)Nc1ccc(Br)cc1. The zero-order valence-electron chi connectivity index (χ0n) is 12.9. The van der Waals surface area contributed by atoms with Crippen molar-refractivity contribution in [1.82, 2.24) is 4.90 Å². The topological polar surface area (TPSA) is 35.6 Å². The van der Waals surface area contributed by atoms with Crippen LogP contribution in [0.25, 0.3) is 0 Å². The zero-order valence-corrected chi connectivity index (χ0v) is 14.5. The van der Waals surface area contributed by atoms with E-state index in [0.29, 0.717) is 6.54 Å².